The van der Waals surface area contributed by atoms with Crippen molar-refractivity contribution in [3.05, 3.63) is 28.2 Å². The Labute approximate surface area is 92.6 Å². The van der Waals surface area contributed by atoms with Crippen LogP contribution < -0.4 is 4.74 Å². The van der Waals surface area contributed by atoms with Crippen LogP contribution in [0.4, 0.5) is 0 Å². The van der Waals surface area contributed by atoms with Crippen molar-refractivity contribution in [3.8, 4) is 11.8 Å². The summed E-state index contributed by atoms with van der Waals surface area (Å²) < 4.78 is 6.48. The van der Waals surface area contributed by atoms with Crippen LogP contribution in [0, 0.1) is 11.3 Å². The zero-order valence-electron chi connectivity index (χ0n) is 8.25. The standard InChI is InChI=1S/C11H12BrNO/c1-3-8(2)14-11-5-9(7-13)4-10(12)6-11/h4-6,8H,3H2,1-2H3. The molecule has 14 heavy (non-hydrogen) atoms. The van der Waals surface area contributed by atoms with E-state index in [1.807, 2.05) is 13.0 Å². The summed E-state index contributed by atoms with van der Waals surface area (Å²) in [5.41, 5.74) is 0.609. The number of ether oxygens (including phenoxy) is 1. The highest BCUT2D eigenvalue weighted by atomic mass is 79.9. The van der Waals surface area contributed by atoms with Crippen LogP contribution in [0.2, 0.25) is 0 Å². The lowest BCUT2D eigenvalue weighted by Crippen LogP contribution is -2.09. The minimum absolute atomic E-state index is 0.177. The summed E-state index contributed by atoms with van der Waals surface area (Å²) in [7, 11) is 0. The van der Waals surface area contributed by atoms with Gasteiger partial charge in [0.05, 0.1) is 17.7 Å². The lowest BCUT2D eigenvalue weighted by atomic mass is 10.2. The second-order valence-electron chi connectivity index (χ2n) is 3.12. The van der Waals surface area contributed by atoms with Gasteiger partial charge in [-0.15, -0.1) is 0 Å². The molecule has 1 rings (SSSR count). The minimum atomic E-state index is 0.177. The third-order valence-electron chi connectivity index (χ3n) is 1.91. The molecule has 0 radical (unpaired) electrons. The number of rotatable bonds is 3. The van der Waals surface area contributed by atoms with Crippen molar-refractivity contribution in [2.75, 3.05) is 0 Å². The molecular formula is C11H12BrNO. The van der Waals surface area contributed by atoms with Crippen LogP contribution in [0.1, 0.15) is 25.8 Å². The quantitative estimate of drug-likeness (QED) is 0.827. The molecule has 0 saturated heterocycles. The first-order chi connectivity index (χ1) is 6.65. The van der Waals surface area contributed by atoms with Crippen molar-refractivity contribution in [3.63, 3.8) is 0 Å². The number of halogens is 1. The van der Waals surface area contributed by atoms with Gasteiger partial charge in [-0.25, -0.2) is 0 Å². The second kappa shape index (κ2) is 5.02. The third-order valence-corrected chi connectivity index (χ3v) is 2.37. The van der Waals surface area contributed by atoms with E-state index in [9.17, 15) is 0 Å². The Morgan fingerprint density at radius 2 is 2.21 bits per heavy atom. The molecule has 3 heteroatoms. The lowest BCUT2D eigenvalue weighted by molar-refractivity contribution is 0.217. The molecule has 0 amide bonds. The largest absolute Gasteiger partial charge is 0.491 e. The summed E-state index contributed by atoms with van der Waals surface area (Å²) in [5, 5.41) is 8.75. The van der Waals surface area contributed by atoms with Gasteiger partial charge in [0.25, 0.3) is 0 Å². The van der Waals surface area contributed by atoms with Crippen molar-refractivity contribution in [2.24, 2.45) is 0 Å². The van der Waals surface area contributed by atoms with E-state index in [1.165, 1.54) is 0 Å². The van der Waals surface area contributed by atoms with Gasteiger partial charge >= 0.3 is 0 Å². The number of nitrogens with zero attached hydrogens (tertiary/aromatic N) is 1. The van der Waals surface area contributed by atoms with Crippen molar-refractivity contribution in [1.82, 2.24) is 0 Å². The van der Waals surface area contributed by atoms with Gasteiger partial charge in [0.1, 0.15) is 5.75 Å². The Hall–Kier alpha value is -1.01. The summed E-state index contributed by atoms with van der Waals surface area (Å²) in [6, 6.07) is 7.47. The molecule has 0 aliphatic carbocycles. The molecule has 1 aromatic rings. The molecule has 0 heterocycles. The molecule has 2 nitrogen and oxygen atoms in total. The van der Waals surface area contributed by atoms with Gasteiger partial charge in [0.2, 0.25) is 0 Å². The van der Waals surface area contributed by atoms with Crippen LogP contribution in [0.5, 0.6) is 5.75 Å². The highest BCUT2D eigenvalue weighted by molar-refractivity contribution is 9.10. The summed E-state index contributed by atoms with van der Waals surface area (Å²) in [5.74, 6) is 0.741. The maximum Gasteiger partial charge on any atom is 0.122 e. The van der Waals surface area contributed by atoms with Crippen LogP contribution in [0.15, 0.2) is 22.7 Å². The van der Waals surface area contributed by atoms with Crippen LogP contribution in [0.3, 0.4) is 0 Å². The maximum atomic E-state index is 8.75. The number of nitriles is 1. The van der Waals surface area contributed by atoms with Gasteiger partial charge in [-0.1, -0.05) is 22.9 Å². The molecular weight excluding hydrogens is 242 g/mol. The van der Waals surface area contributed by atoms with Gasteiger partial charge in [-0.2, -0.15) is 5.26 Å². The summed E-state index contributed by atoms with van der Waals surface area (Å²) in [4.78, 5) is 0. The second-order valence-corrected chi connectivity index (χ2v) is 4.04. The lowest BCUT2D eigenvalue weighted by Gasteiger charge is -2.12. The van der Waals surface area contributed by atoms with E-state index in [0.717, 1.165) is 16.6 Å². The molecule has 0 spiro atoms. The normalized spacial score (nSPS) is 11.9. The van der Waals surface area contributed by atoms with E-state index in [-0.39, 0.29) is 6.10 Å². The van der Waals surface area contributed by atoms with Crippen molar-refractivity contribution in [1.29, 1.82) is 5.26 Å². The van der Waals surface area contributed by atoms with E-state index < -0.39 is 0 Å². The Balaban J connectivity index is 2.88. The molecule has 0 aromatic heterocycles. The zero-order chi connectivity index (χ0) is 10.6. The maximum absolute atomic E-state index is 8.75. The fourth-order valence-electron chi connectivity index (χ4n) is 1.01. The Morgan fingerprint density at radius 3 is 2.79 bits per heavy atom. The third kappa shape index (κ3) is 3.04. The molecule has 1 unspecified atom stereocenters. The summed E-state index contributed by atoms with van der Waals surface area (Å²) >= 11 is 3.33. The van der Waals surface area contributed by atoms with Gasteiger partial charge in [-0.05, 0) is 31.5 Å². The Kier molecular flexibility index (Phi) is 3.97. The predicted molar refractivity (Wildman–Crippen MR) is 59.2 cm³/mol. The summed E-state index contributed by atoms with van der Waals surface area (Å²) in [6.07, 6.45) is 1.13. The average molecular weight is 254 g/mol. The fraction of sp³-hybridized carbons (Fsp3) is 0.364. The molecule has 0 bridgehead atoms. The topological polar surface area (TPSA) is 33.0 Å². The molecule has 0 aliphatic rings. The summed E-state index contributed by atoms with van der Waals surface area (Å²) in [6.45, 7) is 4.07. The van der Waals surface area contributed by atoms with Gasteiger partial charge in [0, 0.05) is 4.47 Å². The van der Waals surface area contributed by atoms with Crippen LogP contribution in [0.25, 0.3) is 0 Å². The highest BCUT2D eigenvalue weighted by Crippen LogP contribution is 2.22. The van der Waals surface area contributed by atoms with Gasteiger partial charge in [0.15, 0.2) is 0 Å². The average Bonchev–Trinajstić information content (AvgIpc) is 2.16. The first kappa shape index (κ1) is 11.1. The fourth-order valence-corrected chi connectivity index (χ4v) is 1.48. The van der Waals surface area contributed by atoms with Crippen LogP contribution in [-0.4, -0.2) is 6.10 Å². The Bertz CT molecular complexity index is 357. The Morgan fingerprint density at radius 1 is 1.50 bits per heavy atom. The molecule has 0 fully saturated rings. The van der Waals surface area contributed by atoms with E-state index in [0.29, 0.717) is 5.56 Å². The van der Waals surface area contributed by atoms with Crippen LogP contribution >= 0.6 is 15.9 Å². The molecule has 0 aliphatic heterocycles. The van der Waals surface area contributed by atoms with E-state index in [2.05, 4.69) is 28.9 Å². The van der Waals surface area contributed by atoms with E-state index >= 15 is 0 Å². The first-order valence-electron chi connectivity index (χ1n) is 4.53. The van der Waals surface area contributed by atoms with Gasteiger partial charge in [-0.3, -0.25) is 0 Å². The van der Waals surface area contributed by atoms with E-state index in [1.54, 1.807) is 12.1 Å². The number of hydrogen-bond donors (Lipinski definition) is 0. The van der Waals surface area contributed by atoms with Crippen molar-refractivity contribution < 1.29 is 4.74 Å². The molecule has 0 saturated carbocycles. The predicted octanol–water partition coefficient (Wildman–Crippen LogP) is 3.50. The number of hydrogen-bond acceptors (Lipinski definition) is 2. The van der Waals surface area contributed by atoms with Gasteiger partial charge < -0.3 is 4.74 Å². The van der Waals surface area contributed by atoms with E-state index in [4.69, 9.17) is 10.00 Å². The molecule has 1 aromatic carbocycles. The monoisotopic (exact) mass is 253 g/mol. The number of benzene rings is 1. The molecule has 0 N–H and O–H groups in total. The zero-order valence-corrected chi connectivity index (χ0v) is 9.84. The molecule has 1 atom stereocenters. The highest BCUT2D eigenvalue weighted by Gasteiger charge is 2.03. The van der Waals surface area contributed by atoms with Crippen molar-refractivity contribution >= 4 is 15.9 Å². The smallest absolute Gasteiger partial charge is 0.122 e. The minimum Gasteiger partial charge on any atom is -0.491 e. The van der Waals surface area contributed by atoms with Crippen molar-refractivity contribution in [2.45, 2.75) is 26.4 Å². The SMILES string of the molecule is CCC(C)Oc1cc(Br)cc(C#N)c1. The van der Waals surface area contributed by atoms with Crippen LogP contribution in [-0.2, 0) is 0 Å². The molecule has 74 valence electrons. The first-order valence-corrected chi connectivity index (χ1v) is 5.32.